The summed E-state index contributed by atoms with van der Waals surface area (Å²) < 4.78 is 2.14. The number of benzene rings is 2. The van der Waals surface area contributed by atoms with Crippen molar-refractivity contribution in [1.29, 1.82) is 0 Å². The lowest BCUT2D eigenvalue weighted by atomic mass is 10.1. The molecule has 1 aromatic heterocycles. The van der Waals surface area contributed by atoms with Crippen molar-refractivity contribution >= 4 is 28.2 Å². The second-order valence-electron chi connectivity index (χ2n) is 4.82. The SMILES string of the molecule is Cc1ccc(Cn2ccc3cccc(N)c32)c(Cl)c1. The molecule has 1 heterocycles. The lowest BCUT2D eigenvalue weighted by molar-refractivity contribution is 0.837. The Morgan fingerprint density at radius 3 is 2.79 bits per heavy atom. The van der Waals surface area contributed by atoms with Crippen molar-refractivity contribution in [3.8, 4) is 0 Å². The molecule has 0 fully saturated rings. The number of aryl methyl sites for hydroxylation is 1. The van der Waals surface area contributed by atoms with Crippen LogP contribution < -0.4 is 5.73 Å². The Hall–Kier alpha value is -1.93. The van der Waals surface area contributed by atoms with Gasteiger partial charge in [-0.05, 0) is 36.2 Å². The summed E-state index contributed by atoms with van der Waals surface area (Å²) in [5, 5.41) is 1.96. The fraction of sp³-hybridized carbons (Fsp3) is 0.125. The van der Waals surface area contributed by atoms with Crippen LogP contribution in [-0.2, 0) is 6.54 Å². The van der Waals surface area contributed by atoms with Crippen LogP contribution >= 0.6 is 11.6 Å². The van der Waals surface area contributed by atoms with Crippen LogP contribution in [0.4, 0.5) is 5.69 Å². The number of hydrogen-bond acceptors (Lipinski definition) is 1. The third kappa shape index (κ3) is 2.20. The van der Waals surface area contributed by atoms with Gasteiger partial charge in [0.25, 0.3) is 0 Å². The van der Waals surface area contributed by atoms with Gasteiger partial charge in [-0.15, -0.1) is 0 Å². The average molecular weight is 271 g/mol. The molecule has 3 heteroatoms. The number of nitrogens with two attached hydrogens (primary N) is 1. The number of anilines is 1. The lowest BCUT2D eigenvalue weighted by Gasteiger charge is -2.09. The van der Waals surface area contributed by atoms with Crippen LogP contribution in [0.1, 0.15) is 11.1 Å². The van der Waals surface area contributed by atoms with Gasteiger partial charge in [-0.3, -0.25) is 0 Å². The molecule has 0 aliphatic carbocycles. The largest absolute Gasteiger partial charge is 0.397 e. The summed E-state index contributed by atoms with van der Waals surface area (Å²) in [6.07, 6.45) is 2.05. The maximum absolute atomic E-state index is 6.29. The standard InChI is InChI=1S/C16H15ClN2/c1-11-5-6-13(14(17)9-11)10-19-8-7-12-3-2-4-15(18)16(12)19/h2-9H,10,18H2,1H3. The molecule has 2 N–H and O–H groups in total. The highest BCUT2D eigenvalue weighted by atomic mass is 35.5. The van der Waals surface area contributed by atoms with E-state index in [9.17, 15) is 0 Å². The van der Waals surface area contributed by atoms with E-state index in [1.54, 1.807) is 0 Å². The van der Waals surface area contributed by atoms with E-state index >= 15 is 0 Å². The van der Waals surface area contributed by atoms with Crippen LogP contribution in [0.3, 0.4) is 0 Å². The zero-order valence-electron chi connectivity index (χ0n) is 10.7. The van der Waals surface area contributed by atoms with Gasteiger partial charge in [-0.1, -0.05) is 35.9 Å². The quantitative estimate of drug-likeness (QED) is 0.694. The third-order valence-corrected chi connectivity index (χ3v) is 3.72. The van der Waals surface area contributed by atoms with E-state index in [1.165, 1.54) is 5.56 Å². The summed E-state index contributed by atoms with van der Waals surface area (Å²) in [6.45, 7) is 2.77. The van der Waals surface area contributed by atoms with Crippen molar-refractivity contribution in [3.05, 3.63) is 64.8 Å². The maximum Gasteiger partial charge on any atom is 0.0716 e. The molecule has 3 rings (SSSR count). The fourth-order valence-corrected chi connectivity index (χ4v) is 2.68. The molecule has 3 aromatic rings. The maximum atomic E-state index is 6.29. The first-order valence-corrected chi connectivity index (χ1v) is 6.61. The molecule has 0 saturated carbocycles. The number of rotatable bonds is 2. The normalized spacial score (nSPS) is 11.1. The second kappa shape index (κ2) is 4.63. The Morgan fingerprint density at radius 1 is 1.16 bits per heavy atom. The van der Waals surface area contributed by atoms with Gasteiger partial charge in [0.05, 0.1) is 11.2 Å². The molecule has 0 atom stereocenters. The first-order chi connectivity index (χ1) is 9.15. The summed E-state index contributed by atoms with van der Waals surface area (Å²) in [5.41, 5.74) is 10.2. The van der Waals surface area contributed by atoms with Crippen molar-refractivity contribution in [2.45, 2.75) is 13.5 Å². The first kappa shape index (κ1) is 12.1. The highest BCUT2D eigenvalue weighted by Crippen LogP contribution is 2.25. The predicted molar refractivity (Wildman–Crippen MR) is 81.6 cm³/mol. The Balaban J connectivity index is 2.06. The Kier molecular flexibility index (Phi) is 2.96. The number of aromatic nitrogens is 1. The first-order valence-electron chi connectivity index (χ1n) is 6.23. The zero-order chi connectivity index (χ0) is 13.4. The molecule has 0 amide bonds. The summed E-state index contributed by atoms with van der Waals surface area (Å²) in [4.78, 5) is 0. The summed E-state index contributed by atoms with van der Waals surface area (Å²) in [7, 11) is 0. The number of nitrogen functional groups attached to an aromatic ring is 1. The summed E-state index contributed by atoms with van der Waals surface area (Å²) >= 11 is 6.29. The fourth-order valence-electron chi connectivity index (χ4n) is 2.39. The van der Waals surface area contributed by atoms with Crippen molar-refractivity contribution in [2.24, 2.45) is 0 Å². The molecular formula is C16H15ClN2. The minimum atomic E-state index is 0.733. The molecule has 0 saturated heterocycles. The highest BCUT2D eigenvalue weighted by molar-refractivity contribution is 6.31. The van der Waals surface area contributed by atoms with Crippen molar-refractivity contribution in [1.82, 2.24) is 4.57 Å². The van der Waals surface area contributed by atoms with Crippen molar-refractivity contribution in [2.75, 3.05) is 5.73 Å². The molecule has 0 spiro atoms. The molecule has 0 unspecified atom stereocenters. The van der Waals surface area contributed by atoms with E-state index in [0.717, 1.165) is 33.7 Å². The molecule has 0 radical (unpaired) electrons. The highest BCUT2D eigenvalue weighted by Gasteiger charge is 2.07. The van der Waals surface area contributed by atoms with Crippen molar-refractivity contribution in [3.63, 3.8) is 0 Å². The van der Waals surface area contributed by atoms with E-state index in [2.05, 4.69) is 35.0 Å². The van der Waals surface area contributed by atoms with E-state index in [4.69, 9.17) is 17.3 Å². The van der Waals surface area contributed by atoms with E-state index in [-0.39, 0.29) is 0 Å². The van der Waals surface area contributed by atoms with Gasteiger partial charge in [-0.2, -0.15) is 0 Å². The minimum Gasteiger partial charge on any atom is -0.397 e. The Morgan fingerprint density at radius 2 is 2.00 bits per heavy atom. The zero-order valence-corrected chi connectivity index (χ0v) is 11.5. The summed E-state index contributed by atoms with van der Waals surface area (Å²) in [6, 6.07) is 14.2. The van der Waals surface area contributed by atoms with Crippen LogP contribution in [0, 0.1) is 6.92 Å². The summed E-state index contributed by atoms with van der Waals surface area (Å²) in [5.74, 6) is 0. The monoisotopic (exact) mass is 270 g/mol. The molecular weight excluding hydrogens is 256 g/mol. The number of para-hydroxylation sites is 1. The van der Waals surface area contributed by atoms with Gasteiger partial charge < -0.3 is 10.3 Å². The molecule has 2 nitrogen and oxygen atoms in total. The van der Waals surface area contributed by atoms with Gasteiger partial charge in [-0.25, -0.2) is 0 Å². The van der Waals surface area contributed by atoms with Crippen molar-refractivity contribution < 1.29 is 0 Å². The molecule has 0 bridgehead atoms. The van der Waals surface area contributed by atoms with E-state index in [0.29, 0.717) is 0 Å². The number of halogens is 1. The van der Waals surface area contributed by atoms with Crippen LogP contribution in [0.15, 0.2) is 48.7 Å². The van der Waals surface area contributed by atoms with Crippen LogP contribution in [0.25, 0.3) is 10.9 Å². The van der Waals surface area contributed by atoms with E-state index in [1.807, 2.05) is 25.1 Å². The van der Waals surface area contributed by atoms with Crippen LogP contribution in [-0.4, -0.2) is 4.57 Å². The van der Waals surface area contributed by atoms with Crippen LogP contribution in [0.2, 0.25) is 5.02 Å². The minimum absolute atomic E-state index is 0.733. The number of hydrogen-bond donors (Lipinski definition) is 1. The molecule has 0 aliphatic rings. The van der Waals surface area contributed by atoms with Gasteiger partial charge in [0, 0.05) is 23.2 Å². The Labute approximate surface area is 117 Å². The number of fused-ring (bicyclic) bond motifs is 1. The molecule has 96 valence electrons. The van der Waals surface area contributed by atoms with Gasteiger partial charge >= 0.3 is 0 Å². The molecule has 0 aliphatic heterocycles. The second-order valence-corrected chi connectivity index (χ2v) is 5.23. The van der Waals surface area contributed by atoms with Crippen LogP contribution in [0.5, 0.6) is 0 Å². The number of nitrogens with zero attached hydrogens (tertiary/aromatic N) is 1. The molecule has 19 heavy (non-hydrogen) atoms. The lowest BCUT2D eigenvalue weighted by Crippen LogP contribution is -2.01. The predicted octanol–water partition coefficient (Wildman–Crippen LogP) is 4.23. The topological polar surface area (TPSA) is 30.9 Å². The van der Waals surface area contributed by atoms with Gasteiger partial charge in [0.15, 0.2) is 0 Å². The average Bonchev–Trinajstić information content (AvgIpc) is 2.77. The smallest absolute Gasteiger partial charge is 0.0716 e. The Bertz CT molecular complexity index is 744. The van der Waals surface area contributed by atoms with Gasteiger partial charge in [0.1, 0.15) is 0 Å². The van der Waals surface area contributed by atoms with Gasteiger partial charge in [0.2, 0.25) is 0 Å². The molecule has 2 aromatic carbocycles. The van der Waals surface area contributed by atoms with E-state index < -0.39 is 0 Å². The third-order valence-electron chi connectivity index (χ3n) is 3.37.